The molecule has 7 nitrogen and oxygen atoms in total. The second-order valence-corrected chi connectivity index (χ2v) is 10.2. The molecule has 1 heterocycles. The van der Waals surface area contributed by atoms with Gasteiger partial charge < -0.3 is 25.6 Å². The first-order valence-electron chi connectivity index (χ1n) is 13.9. The van der Waals surface area contributed by atoms with Crippen LogP contribution in [0.3, 0.4) is 0 Å². The lowest BCUT2D eigenvalue weighted by Crippen LogP contribution is -2.45. The van der Waals surface area contributed by atoms with Crippen LogP contribution < -0.4 is 16.2 Å². The van der Waals surface area contributed by atoms with E-state index in [1.54, 1.807) is 18.2 Å². The average Bonchev–Trinajstić information content (AvgIpc) is 2.94. The average molecular weight is 541 g/mol. The van der Waals surface area contributed by atoms with Gasteiger partial charge in [-0.25, -0.2) is 8.78 Å². The molecular weight excluding hydrogens is 502 g/mol. The summed E-state index contributed by atoms with van der Waals surface area (Å²) in [6.45, 7) is 2.95. The highest BCUT2D eigenvalue weighted by atomic mass is 19.2. The Bertz CT molecular complexity index is 1310. The second-order valence-electron chi connectivity index (χ2n) is 10.2. The van der Waals surface area contributed by atoms with Crippen LogP contribution in [0.1, 0.15) is 49.7 Å². The number of halogens is 2. The van der Waals surface area contributed by atoms with Gasteiger partial charge in [-0.05, 0) is 68.1 Å². The number of nitrogens with one attached hydrogen (secondary N) is 3. The number of phenolic OH excluding ortho intramolecular Hbond substituents is 1. The summed E-state index contributed by atoms with van der Waals surface area (Å²) in [5, 5.41) is 17.5. The van der Waals surface area contributed by atoms with Gasteiger partial charge in [-0.1, -0.05) is 37.5 Å². The molecule has 1 aliphatic carbocycles. The van der Waals surface area contributed by atoms with Gasteiger partial charge in [-0.3, -0.25) is 9.59 Å². The zero-order valence-corrected chi connectivity index (χ0v) is 22.3. The summed E-state index contributed by atoms with van der Waals surface area (Å²) in [6.07, 6.45) is 6.97. The van der Waals surface area contributed by atoms with Crippen LogP contribution >= 0.6 is 0 Å². The number of pyridine rings is 1. The van der Waals surface area contributed by atoms with Crippen LogP contribution in [0.2, 0.25) is 0 Å². The number of hydrogen-bond acceptors (Lipinski definition) is 5. The van der Waals surface area contributed by atoms with E-state index in [1.807, 2.05) is 11.0 Å². The second kappa shape index (κ2) is 14.2. The van der Waals surface area contributed by atoms with E-state index in [4.69, 9.17) is 0 Å². The Morgan fingerprint density at radius 2 is 1.67 bits per heavy atom. The third kappa shape index (κ3) is 7.86. The lowest BCUT2D eigenvalue weighted by molar-refractivity contribution is -0.134. The normalized spacial score (nSPS) is 14.1. The van der Waals surface area contributed by atoms with Crippen molar-refractivity contribution in [3.63, 3.8) is 0 Å². The molecule has 210 valence electrons. The molecule has 1 amide bonds. The smallest absolute Gasteiger partial charge is 0.248 e. The standard InChI is InChI=1S/C30H38F2N4O3/c31-25-8-4-5-22(29(25)32)14-17-33-18-15-28(39)36(23-6-2-1-3-7-23)20-19-34-16-13-21-9-11-26(37)30-24(21)10-12-27(38)35-30/h4-5,8-12,23,33-34,37H,1-3,6-7,13-20H2,(H,35,38). The van der Waals surface area contributed by atoms with E-state index in [1.165, 1.54) is 18.6 Å². The number of benzene rings is 2. The third-order valence-corrected chi connectivity index (χ3v) is 7.52. The zero-order valence-electron chi connectivity index (χ0n) is 22.3. The van der Waals surface area contributed by atoms with Gasteiger partial charge in [0.1, 0.15) is 5.75 Å². The maximum Gasteiger partial charge on any atom is 0.248 e. The molecule has 0 unspecified atom stereocenters. The van der Waals surface area contributed by atoms with Crippen molar-refractivity contribution in [1.29, 1.82) is 0 Å². The van der Waals surface area contributed by atoms with Gasteiger partial charge in [-0.15, -0.1) is 0 Å². The number of hydrogen-bond donors (Lipinski definition) is 4. The van der Waals surface area contributed by atoms with Crippen molar-refractivity contribution in [1.82, 2.24) is 20.5 Å². The number of aromatic amines is 1. The molecule has 4 N–H and O–H groups in total. The minimum atomic E-state index is -0.841. The molecule has 2 aromatic carbocycles. The van der Waals surface area contributed by atoms with Crippen molar-refractivity contribution in [3.05, 3.63) is 75.6 Å². The van der Waals surface area contributed by atoms with Crippen LogP contribution in [0.15, 0.2) is 47.3 Å². The Hall–Kier alpha value is -3.30. The van der Waals surface area contributed by atoms with E-state index in [9.17, 15) is 23.5 Å². The van der Waals surface area contributed by atoms with Crippen molar-refractivity contribution < 1.29 is 18.7 Å². The molecule has 0 spiro atoms. The zero-order chi connectivity index (χ0) is 27.6. The summed E-state index contributed by atoms with van der Waals surface area (Å²) in [7, 11) is 0. The van der Waals surface area contributed by atoms with Crippen LogP contribution in [-0.2, 0) is 17.6 Å². The van der Waals surface area contributed by atoms with E-state index < -0.39 is 11.6 Å². The minimum Gasteiger partial charge on any atom is -0.506 e. The quantitative estimate of drug-likeness (QED) is 0.246. The predicted molar refractivity (Wildman–Crippen MR) is 149 cm³/mol. The Balaban J connectivity index is 1.23. The van der Waals surface area contributed by atoms with E-state index in [-0.39, 0.29) is 23.3 Å². The maximum atomic E-state index is 13.8. The summed E-state index contributed by atoms with van der Waals surface area (Å²) in [5.41, 5.74) is 1.55. The van der Waals surface area contributed by atoms with Gasteiger partial charge in [0, 0.05) is 43.5 Å². The fourth-order valence-corrected chi connectivity index (χ4v) is 5.39. The third-order valence-electron chi connectivity index (χ3n) is 7.52. The highest BCUT2D eigenvalue weighted by Crippen LogP contribution is 2.25. The van der Waals surface area contributed by atoms with Gasteiger partial charge in [0.25, 0.3) is 0 Å². The van der Waals surface area contributed by atoms with Crippen LogP contribution in [0.4, 0.5) is 8.78 Å². The first-order valence-corrected chi connectivity index (χ1v) is 13.9. The summed E-state index contributed by atoms with van der Waals surface area (Å²) in [6, 6.07) is 11.1. The van der Waals surface area contributed by atoms with Gasteiger partial charge in [-0.2, -0.15) is 0 Å². The van der Waals surface area contributed by atoms with Crippen molar-refractivity contribution in [2.45, 2.75) is 57.4 Å². The van der Waals surface area contributed by atoms with Crippen molar-refractivity contribution in [3.8, 4) is 5.75 Å². The Labute approximate surface area is 227 Å². The van der Waals surface area contributed by atoms with Crippen LogP contribution in [-0.4, -0.2) is 59.7 Å². The molecule has 3 aromatic rings. The number of carbonyl (C=O) groups is 1. The van der Waals surface area contributed by atoms with Crippen molar-refractivity contribution in [2.24, 2.45) is 0 Å². The molecule has 1 aromatic heterocycles. The molecule has 1 saturated carbocycles. The first-order chi connectivity index (χ1) is 18.9. The topological polar surface area (TPSA) is 97.5 Å². The largest absolute Gasteiger partial charge is 0.506 e. The van der Waals surface area contributed by atoms with Gasteiger partial charge in [0.2, 0.25) is 11.5 Å². The fourth-order valence-electron chi connectivity index (χ4n) is 5.39. The van der Waals surface area contributed by atoms with Gasteiger partial charge in [0.15, 0.2) is 11.6 Å². The van der Waals surface area contributed by atoms with Crippen LogP contribution in [0, 0.1) is 11.6 Å². The summed E-state index contributed by atoms with van der Waals surface area (Å²) in [4.78, 5) is 29.5. The monoisotopic (exact) mass is 540 g/mol. The highest BCUT2D eigenvalue weighted by Gasteiger charge is 2.24. The molecule has 1 aliphatic rings. The summed E-state index contributed by atoms with van der Waals surface area (Å²) in [5.74, 6) is -1.48. The maximum absolute atomic E-state index is 13.8. The first kappa shape index (κ1) is 28.7. The van der Waals surface area contributed by atoms with E-state index >= 15 is 0 Å². The molecule has 0 bridgehead atoms. The summed E-state index contributed by atoms with van der Waals surface area (Å²) >= 11 is 0. The fraction of sp³-hybridized carbons (Fsp3) is 0.467. The molecule has 1 fully saturated rings. The predicted octanol–water partition coefficient (Wildman–Crippen LogP) is 4.03. The van der Waals surface area contributed by atoms with Gasteiger partial charge in [0.05, 0.1) is 5.52 Å². The highest BCUT2D eigenvalue weighted by molar-refractivity contribution is 5.87. The lowest BCUT2D eigenvalue weighted by Gasteiger charge is -2.34. The number of amides is 1. The molecule has 9 heteroatoms. The number of H-pyrrole nitrogens is 1. The number of aromatic hydroxyl groups is 1. The molecular formula is C30H38F2N4O3. The molecule has 0 radical (unpaired) electrons. The molecule has 0 atom stereocenters. The molecule has 0 aliphatic heterocycles. The van der Waals surface area contributed by atoms with E-state index in [0.29, 0.717) is 56.6 Å². The minimum absolute atomic E-state index is 0.0525. The lowest BCUT2D eigenvalue weighted by atomic mass is 9.94. The van der Waals surface area contributed by atoms with E-state index in [2.05, 4.69) is 15.6 Å². The van der Waals surface area contributed by atoms with E-state index in [0.717, 1.165) is 49.1 Å². The van der Waals surface area contributed by atoms with Crippen LogP contribution in [0.25, 0.3) is 10.9 Å². The molecule has 0 saturated heterocycles. The van der Waals surface area contributed by atoms with Crippen LogP contribution in [0.5, 0.6) is 5.75 Å². The number of aromatic nitrogens is 1. The summed E-state index contributed by atoms with van der Waals surface area (Å²) < 4.78 is 27.2. The number of rotatable bonds is 13. The van der Waals surface area contributed by atoms with Gasteiger partial charge >= 0.3 is 0 Å². The number of fused-ring (bicyclic) bond motifs is 1. The Kier molecular flexibility index (Phi) is 10.4. The number of carbonyl (C=O) groups excluding carboxylic acids is 1. The Morgan fingerprint density at radius 1 is 0.923 bits per heavy atom. The van der Waals surface area contributed by atoms with Crippen molar-refractivity contribution in [2.75, 3.05) is 32.7 Å². The Morgan fingerprint density at radius 3 is 2.46 bits per heavy atom. The number of nitrogens with zero attached hydrogens (tertiary/aromatic N) is 1. The molecule has 4 rings (SSSR count). The van der Waals surface area contributed by atoms with Crippen molar-refractivity contribution >= 4 is 16.8 Å². The number of phenols is 1. The SMILES string of the molecule is O=C(CCNCCc1cccc(F)c1F)N(CCNCCc1ccc(O)c2[nH]c(=O)ccc12)C1CCCCC1. The molecule has 39 heavy (non-hydrogen) atoms.